The Balaban J connectivity index is 2.76. The number of nitrogens with zero attached hydrogens (tertiary/aromatic N) is 1. The number of benzene rings is 1. The summed E-state index contributed by atoms with van der Waals surface area (Å²) in [6.07, 6.45) is 0.918. The van der Waals surface area contributed by atoms with Gasteiger partial charge in [-0.05, 0) is 53.3 Å². The van der Waals surface area contributed by atoms with Crippen LogP contribution in [0.2, 0.25) is 5.02 Å². The predicted octanol–water partition coefficient (Wildman–Crippen LogP) is 4.06. The topological polar surface area (TPSA) is 12.9 Å². The molecule has 0 saturated heterocycles. The molecule has 0 aliphatic rings. The number of rotatable bonds is 1. The summed E-state index contributed by atoms with van der Waals surface area (Å²) in [4.78, 5) is 4.51. The molecular formula is C11H9ClIN. The van der Waals surface area contributed by atoms with E-state index in [0.717, 1.165) is 28.0 Å². The molecule has 0 fully saturated rings. The highest BCUT2D eigenvalue weighted by Gasteiger charge is 2.03. The summed E-state index contributed by atoms with van der Waals surface area (Å²) in [5.41, 5.74) is 2.03. The second kappa shape index (κ2) is 4.03. The molecule has 0 amide bonds. The zero-order chi connectivity index (χ0) is 10.1. The highest BCUT2D eigenvalue weighted by atomic mass is 127. The van der Waals surface area contributed by atoms with E-state index in [1.54, 1.807) is 0 Å². The highest BCUT2D eigenvalue weighted by Crippen LogP contribution is 2.24. The van der Waals surface area contributed by atoms with Gasteiger partial charge in [-0.2, -0.15) is 0 Å². The van der Waals surface area contributed by atoms with Gasteiger partial charge in [0.15, 0.2) is 0 Å². The fraction of sp³-hybridized carbons (Fsp3) is 0.182. The predicted molar refractivity (Wildman–Crippen MR) is 68.8 cm³/mol. The minimum absolute atomic E-state index is 0.797. The summed E-state index contributed by atoms with van der Waals surface area (Å²) in [6.45, 7) is 2.08. The van der Waals surface area contributed by atoms with Gasteiger partial charge in [-0.25, -0.2) is 0 Å². The third kappa shape index (κ3) is 1.86. The lowest BCUT2D eigenvalue weighted by atomic mass is 10.2. The van der Waals surface area contributed by atoms with Crippen LogP contribution in [0, 0.1) is 3.57 Å². The molecule has 0 radical (unpaired) electrons. The number of aryl methyl sites for hydroxylation is 1. The van der Waals surface area contributed by atoms with Gasteiger partial charge in [-0.3, -0.25) is 4.98 Å². The summed E-state index contributed by atoms with van der Waals surface area (Å²) in [5, 5.41) is 1.83. The molecule has 0 bridgehead atoms. The second-order valence-electron chi connectivity index (χ2n) is 3.11. The molecule has 72 valence electrons. The molecule has 1 aromatic heterocycles. The van der Waals surface area contributed by atoms with Crippen molar-refractivity contribution < 1.29 is 0 Å². The van der Waals surface area contributed by atoms with Crippen molar-refractivity contribution in [1.29, 1.82) is 0 Å². The molecule has 2 aromatic rings. The van der Waals surface area contributed by atoms with Crippen LogP contribution in [0.25, 0.3) is 10.9 Å². The molecular weight excluding hydrogens is 308 g/mol. The highest BCUT2D eigenvalue weighted by molar-refractivity contribution is 14.1. The van der Waals surface area contributed by atoms with E-state index < -0.39 is 0 Å². The van der Waals surface area contributed by atoms with Gasteiger partial charge in [0.25, 0.3) is 0 Å². The normalized spacial score (nSPS) is 10.8. The molecule has 0 saturated carbocycles. The van der Waals surface area contributed by atoms with Crippen molar-refractivity contribution in [2.24, 2.45) is 0 Å². The Kier molecular flexibility index (Phi) is 2.93. The first-order valence-corrected chi connectivity index (χ1v) is 5.91. The van der Waals surface area contributed by atoms with Crippen LogP contribution in [0.15, 0.2) is 24.3 Å². The first kappa shape index (κ1) is 10.2. The molecule has 0 aliphatic heterocycles. The van der Waals surface area contributed by atoms with Crippen LogP contribution >= 0.6 is 34.2 Å². The van der Waals surface area contributed by atoms with E-state index in [4.69, 9.17) is 11.6 Å². The maximum absolute atomic E-state index is 6.17. The average Bonchev–Trinajstić information content (AvgIpc) is 2.19. The van der Waals surface area contributed by atoms with E-state index in [9.17, 15) is 0 Å². The Morgan fingerprint density at radius 2 is 2.14 bits per heavy atom. The maximum atomic E-state index is 6.17. The van der Waals surface area contributed by atoms with Gasteiger partial charge in [-0.15, -0.1) is 0 Å². The van der Waals surface area contributed by atoms with E-state index in [-0.39, 0.29) is 0 Å². The molecule has 0 N–H and O–H groups in total. The summed E-state index contributed by atoms with van der Waals surface area (Å²) in [6, 6.07) is 8.07. The van der Waals surface area contributed by atoms with Crippen molar-refractivity contribution in [2.45, 2.75) is 13.3 Å². The quantitative estimate of drug-likeness (QED) is 0.723. The van der Waals surface area contributed by atoms with Gasteiger partial charge in [0.1, 0.15) is 0 Å². The zero-order valence-corrected chi connectivity index (χ0v) is 10.6. The smallest absolute Gasteiger partial charge is 0.0721 e. The molecule has 0 unspecified atom stereocenters. The molecule has 14 heavy (non-hydrogen) atoms. The van der Waals surface area contributed by atoms with E-state index >= 15 is 0 Å². The van der Waals surface area contributed by atoms with E-state index in [2.05, 4.69) is 40.6 Å². The zero-order valence-electron chi connectivity index (χ0n) is 7.72. The first-order valence-electron chi connectivity index (χ1n) is 4.45. The minimum atomic E-state index is 0.797. The van der Waals surface area contributed by atoms with Crippen LogP contribution in [-0.4, -0.2) is 4.98 Å². The third-order valence-corrected chi connectivity index (χ3v) is 3.12. The van der Waals surface area contributed by atoms with Crippen molar-refractivity contribution in [3.8, 4) is 0 Å². The van der Waals surface area contributed by atoms with Gasteiger partial charge < -0.3 is 0 Å². The van der Waals surface area contributed by atoms with Crippen LogP contribution in [0.1, 0.15) is 12.6 Å². The van der Waals surface area contributed by atoms with Crippen molar-refractivity contribution in [2.75, 3.05) is 0 Å². The number of hydrogen-bond donors (Lipinski definition) is 0. The summed E-state index contributed by atoms with van der Waals surface area (Å²) in [5.74, 6) is 0. The summed E-state index contributed by atoms with van der Waals surface area (Å²) in [7, 11) is 0. The molecule has 3 heteroatoms. The molecule has 1 aromatic carbocycles. The lowest BCUT2D eigenvalue weighted by Crippen LogP contribution is -1.89. The van der Waals surface area contributed by atoms with Gasteiger partial charge in [0.2, 0.25) is 0 Å². The van der Waals surface area contributed by atoms with Crippen molar-refractivity contribution in [1.82, 2.24) is 4.98 Å². The van der Waals surface area contributed by atoms with E-state index in [1.165, 1.54) is 3.57 Å². The Morgan fingerprint density at radius 3 is 2.86 bits per heavy atom. The van der Waals surface area contributed by atoms with Crippen LogP contribution < -0.4 is 0 Å². The van der Waals surface area contributed by atoms with Crippen LogP contribution in [-0.2, 0) is 6.42 Å². The number of halogens is 2. The average molecular weight is 318 g/mol. The number of aromatic nitrogens is 1. The standard InChI is InChI=1S/C11H9ClIN/c1-2-8-6-10(12)9-5-7(13)3-4-11(9)14-8/h3-6H,2H2,1H3. The van der Waals surface area contributed by atoms with Gasteiger partial charge in [0, 0.05) is 14.7 Å². The monoisotopic (exact) mass is 317 g/mol. The third-order valence-electron chi connectivity index (χ3n) is 2.14. The second-order valence-corrected chi connectivity index (χ2v) is 4.76. The fourth-order valence-corrected chi connectivity index (χ4v) is 2.16. The fourth-order valence-electron chi connectivity index (χ4n) is 1.39. The number of fused-ring (bicyclic) bond motifs is 1. The SMILES string of the molecule is CCc1cc(Cl)c2cc(I)ccc2n1. The summed E-state index contributed by atoms with van der Waals surface area (Å²) < 4.78 is 1.18. The van der Waals surface area contributed by atoms with E-state index in [1.807, 2.05) is 18.2 Å². The Morgan fingerprint density at radius 1 is 1.36 bits per heavy atom. The Labute approximate surface area is 102 Å². The lowest BCUT2D eigenvalue weighted by molar-refractivity contribution is 1.06. The molecule has 0 spiro atoms. The molecule has 0 aliphatic carbocycles. The molecule has 1 heterocycles. The minimum Gasteiger partial charge on any atom is -0.253 e. The number of pyridine rings is 1. The van der Waals surface area contributed by atoms with Crippen LogP contribution in [0.5, 0.6) is 0 Å². The van der Waals surface area contributed by atoms with Crippen LogP contribution in [0.3, 0.4) is 0 Å². The van der Waals surface area contributed by atoms with Crippen molar-refractivity contribution in [3.05, 3.63) is 38.6 Å². The Bertz CT molecular complexity index is 482. The lowest BCUT2D eigenvalue weighted by Gasteiger charge is -2.03. The molecule has 0 atom stereocenters. The van der Waals surface area contributed by atoms with E-state index in [0.29, 0.717) is 0 Å². The first-order chi connectivity index (χ1) is 6.70. The summed E-state index contributed by atoms with van der Waals surface area (Å²) >= 11 is 8.45. The molecule has 2 rings (SSSR count). The molecule has 1 nitrogen and oxygen atoms in total. The Hall–Kier alpha value is -0.350. The van der Waals surface area contributed by atoms with Crippen LogP contribution in [0.4, 0.5) is 0 Å². The van der Waals surface area contributed by atoms with Gasteiger partial charge in [0.05, 0.1) is 10.5 Å². The van der Waals surface area contributed by atoms with Crippen molar-refractivity contribution in [3.63, 3.8) is 0 Å². The number of hydrogen-bond acceptors (Lipinski definition) is 1. The van der Waals surface area contributed by atoms with Gasteiger partial charge in [-0.1, -0.05) is 18.5 Å². The largest absolute Gasteiger partial charge is 0.253 e. The maximum Gasteiger partial charge on any atom is 0.0721 e. The van der Waals surface area contributed by atoms with Gasteiger partial charge >= 0.3 is 0 Å². The van der Waals surface area contributed by atoms with Crippen molar-refractivity contribution >= 4 is 45.1 Å².